The summed E-state index contributed by atoms with van der Waals surface area (Å²) in [6.07, 6.45) is 0.953. The molecule has 2 rings (SSSR count). The molecule has 0 atom stereocenters. The summed E-state index contributed by atoms with van der Waals surface area (Å²) in [6.45, 7) is 2.78. The molecular formula is C11H14FN5. The van der Waals surface area contributed by atoms with Crippen LogP contribution < -0.4 is 11.1 Å². The molecule has 0 saturated heterocycles. The van der Waals surface area contributed by atoms with Crippen molar-refractivity contribution in [1.82, 2.24) is 14.8 Å². The second-order valence-corrected chi connectivity index (χ2v) is 3.58. The Balaban J connectivity index is 2.33. The number of nitrogens with one attached hydrogen (secondary N) is 1. The lowest BCUT2D eigenvalue weighted by Gasteiger charge is -2.02. The second-order valence-electron chi connectivity index (χ2n) is 3.58. The monoisotopic (exact) mass is 235 g/mol. The number of aromatic nitrogens is 3. The van der Waals surface area contributed by atoms with Gasteiger partial charge in [-0.25, -0.2) is 4.39 Å². The van der Waals surface area contributed by atoms with Crippen molar-refractivity contribution < 1.29 is 4.39 Å². The highest BCUT2D eigenvalue weighted by Crippen LogP contribution is 2.16. The van der Waals surface area contributed by atoms with E-state index < -0.39 is 0 Å². The lowest BCUT2D eigenvalue weighted by molar-refractivity contribution is 0.612. The average molecular weight is 235 g/mol. The smallest absolute Gasteiger partial charge is 0.244 e. The van der Waals surface area contributed by atoms with Gasteiger partial charge in [0.1, 0.15) is 11.5 Å². The van der Waals surface area contributed by atoms with Crippen LogP contribution in [0.25, 0.3) is 5.69 Å². The van der Waals surface area contributed by atoms with Gasteiger partial charge in [-0.15, -0.1) is 5.10 Å². The molecule has 0 aliphatic carbocycles. The number of benzene rings is 1. The molecule has 1 heterocycles. The Bertz CT molecular complexity index is 508. The maximum absolute atomic E-state index is 13.6. The van der Waals surface area contributed by atoms with Crippen LogP contribution >= 0.6 is 0 Å². The zero-order valence-corrected chi connectivity index (χ0v) is 9.52. The summed E-state index contributed by atoms with van der Waals surface area (Å²) in [5, 5.41) is 7.11. The molecule has 5 nitrogen and oxygen atoms in total. The summed E-state index contributed by atoms with van der Waals surface area (Å²) in [6, 6.07) is 6.29. The van der Waals surface area contributed by atoms with E-state index >= 15 is 0 Å². The summed E-state index contributed by atoms with van der Waals surface area (Å²) in [5.41, 5.74) is 5.99. The zero-order valence-electron chi connectivity index (χ0n) is 9.52. The summed E-state index contributed by atoms with van der Waals surface area (Å²) in [7, 11) is 0. The Labute approximate surface area is 98.5 Å². The Kier molecular flexibility index (Phi) is 3.22. The van der Waals surface area contributed by atoms with Crippen molar-refractivity contribution in [3.05, 3.63) is 30.1 Å². The second kappa shape index (κ2) is 4.82. The number of rotatable bonds is 4. The molecule has 0 radical (unpaired) electrons. The Morgan fingerprint density at radius 1 is 1.41 bits per heavy atom. The van der Waals surface area contributed by atoms with E-state index in [1.165, 1.54) is 10.7 Å². The minimum absolute atomic E-state index is 0.161. The lowest BCUT2D eigenvalue weighted by atomic mass is 10.3. The molecule has 1 aromatic carbocycles. The van der Waals surface area contributed by atoms with Gasteiger partial charge in [-0.3, -0.25) is 0 Å². The number of anilines is 2. The van der Waals surface area contributed by atoms with E-state index in [0.29, 0.717) is 11.6 Å². The van der Waals surface area contributed by atoms with Crippen molar-refractivity contribution in [3.8, 4) is 5.69 Å². The number of hydrogen-bond acceptors (Lipinski definition) is 4. The van der Waals surface area contributed by atoms with Gasteiger partial charge in [0.2, 0.25) is 11.9 Å². The summed E-state index contributed by atoms with van der Waals surface area (Å²) in [4.78, 5) is 4.02. The molecule has 0 fully saturated rings. The molecule has 0 unspecified atom stereocenters. The highest BCUT2D eigenvalue weighted by molar-refractivity contribution is 5.42. The van der Waals surface area contributed by atoms with E-state index in [0.717, 1.165) is 13.0 Å². The summed E-state index contributed by atoms with van der Waals surface area (Å²) < 4.78 is 14.8. The topological polar surface area (TPSA) is 68.8 Å². The zero-order chi connectivity index (χ0) is 12.3. The van der Waals surface area contributed by atoms with Crippen LogP contribution in [0.15, 0.2) is 24.3 Å². The molecule has 1 aromatic heterocycles. The SMILES string of the molecule is CCCNc1nc(N)n(-c2ccccc2F)n1. The van der Waals surface area contributed by atoms with E-state index in [-0.39, 0.29) is 11.8 Å². The van der Waals surface area contributed by atoms with Gasteiger partial charge in [-0.2, -0.15) is 9.67 Å². The van der Waals surface area contributed by atoms with Crippen LogP contribution in [0.4, 0.5) is 16.3 Å². The molecule has 0 spiro atoms. The quantitative estimate of drug-likeness (QED) is 0.848. The number of nitrogens with zero attached hydrogens (tertiary/aromatic N) is 3. The predicted octanol–water partition coefficient (Wildman–Crippen LogP) is 1.81. The average Bonchev–Trinajstić information content (AvgIpc) is 2.68. The summed E-state index contributed by atoms with van der Waals surface area (Å²) >= 11 is 0. The Morgan fingerprint density at radius 2 is 2.18 bits per heavy atom. The molecule has 6 heteroatoms. The van der Waals surface area contributed by atoms with Gasteiger partial charge in [0.05, 0.1) is 0 Å². The molecule has 0 aliphatic rings. The van der Waals surface area contributed by atoms with E-state index in [4.69, 9.17) is 5.73 Å². The largest absolute Gasteiger partial charge is 0.368 e. The molecular weight excluding hydrogens is 221 g/mol. The lowest BCUT2D eigenvalue weighted by Crippen LogP contribution is -2.05. The van der Waals surface area contributed by atoms with Crippen molar-refractivity contribution in [2.45, 2.75) is 13.3 Å². The van der Waals surface area contributed by atoms with Crippen LogP contribution in [0.5, 0.6) is 0 Å². The Hall–Kier alpha value is -2.11. The molecule has 0 aliphatic heterocycles. The fourth-order valence-electron chi connectivity index (χ4n) is 1.44. The number of halogens is 1. The summed E-state index contributed by atoms with van der Waals surface area (Å²) in [5.74, 6) is 0.187. The van der Waals surface area contributed by atoms with Crippen LogP contribution in [0.3, 0.4) is 0 Å². The molecule has 3 N–H and O–H groups in total. The van der Waals surface area contributed by atoms with Gasteiger partial charge in [-0.05, 0) is 18.6 Å². The molecule has 0 bridgehead atoms. The van der Waals surface area contributed by atoms with Gasteiger partial charge in [0.15, 0.2) is 0 Å². The number of para-hydroxylation sites is 1. The highest BCUT2D eigenvalue weighted by Gasteiger charge is 2.11. The van der Waals surface area contributed by atoms with Gasteiger partial charge < -0.3 is 11.1 Å². The van der Waals surface area contributed by atoms with Crippen LogP contribution in [-0.4, -0.2) is 21.3 Å². The Morgan fingerprint density at radius 3 is 2.88 bits per heavy atom. The van der Waals surface area contributed by atoms with E-state index in [1.807, 2.05) is 6.92 Å². The molecule has 90 valence electrons. The van der Waals surface area contributed by atoms with Gasteiger partial charge in [-0.1, -0.05) is 19.1 Å². The third-order valence-corrected chi connectivity index (χ3v) is 2.25. The maximum Gasteiger partial charge on any atom is 0.244 e. The molecule has 2 aromatic rings. The number of hydrogen-bond donors (Lipinski definition) is 2. The predicted molar refractivity (Wildman–Crippen MR) is 64.5 cm³/mol. The van der Waals surface area contributed by atoms with Crippen molar-refractivity contribution in [2.75, 3.05) is 17.6 Å². The van der Waals surface area contributed by atoms with Crippen molar-refractivity contribution >= 4 is 11.9 Å². The van der Waals surface area contributed by atoms with Crippen molar-refractivity contribution in [2.24, 2.45) is 0 Å². The molecule has 17 heavy (non-hydrogen) atoms. The molecule has 0 saturated carbocycles. The first-order chi connectivity index (χ1) is 8.22. The van der Waals surface area contributed by atoms with E-state index in [1.54, 1.807) is 18.2 Å². The minimum atomic E-state index is -0.383. The maximum atomic E-state index is 13.6. The van der Waals surface area contributed by atoms with Crippen molar-refractivity contribution in [3.63, 3.8) is 0 Å². The highest BCUT2D eigenvalue weighted by atomic mass is 19.1. The number of nitrogens with two attached hydrogens (primary N) is 1. The van der Waals surface area contributed by atoms with E-state index in [9.17, 15) is 4.39 Å². The first-order valence-electron chi connectivity index (χ1n) is 5.43. The standard InChI is InChI=1S/C11H14FN5/c1-2-7-14-11-15-10(13)17(16-11)9-6-4-3-5-8(9)12/h3-6H,2,7H2,1H3,(H3,13,14,15,16). The fourth-order valence-corrected chi connectivity index (χ4v) is 1.44. The van der Waals surface area contributed by atoms with Gasteiger partial charge in [0.25, 0.3) is 0 Å². The number of nitrogen functional groups attached to an aromatic ring is 1. The van der Waals surface area contributed by atoms with Gasteiger partial charge >= 0.3 is 0 Å². The van der Waals surface area contributed by atoms with Crippen LogP contribution in [0.1, 0.15) is 13.3 Å². The first kappa shape index (κ1) is 11.4. The van der Waals surface area contributed by atoms with Crippen LogP contribution in [-0.2, 0) is 0 Å². The third-order valence-electron chi connectivity index (χ3n) is 2.25. The van der Waals surface area contributed by atoms with Crippen LogP contribution in [0, 0.1) is 5.82 Å². The third kappa shape index (κ3) is 2.35. The first-order valence-corrected chi connectivity index (χ1v) is 5.43. The van der Waals surface area contributed by atoms with Crippen molar-refractivity contribution in [1.29, 1.82) is 0 Å². The van der Waals surface area contributed by atoms with E-state index in [2.05, 4.69) is 15.4 Å². The fraction of sp³-hybridized carbons (Fsp3) is 0.273. The van der Waals surface area contributed by atoms with Crippen LogP contribution in [0.2, 0.25) is 0 Å². The minimum Gasteiger partial charge on any atom is -0.368 e. The normalized spacial score (nSPS) is 10.5. The van der Waals surface area contributed by atoms with Gasteiger partial charge in [0, 0.05) is 6.54 Å². The molecule has 0 amide bonds.